The zero-order chi connectivity index (χ0) is 26.5. The van der Waals surface area contributed by atoms with Gasteiger partial charge in [-0.1, -0.05) is 24.3 Å². The van der Waals surface area contributed by atoms with E-state index in [2.05, 4.69) is 4.98 Å². The topological polar surface area (TPSA) is 54.7 Å². The van der Waals surface area contributed by atoms with Crippen molar-refractivity contribution in [1.82, 2.24) is 9.38 Å². The van der Waals surface area contributed by atoms with Crippen LogP contribution in [0.2, 0.25) is 0 Å². The Kier molecular flexibility index (Phi) is 6.23. The van der Waals surface area contributed by atoms with Gasteiger partial charge in [0.25, 0.3) is 10.0 Å². The number of hydrogen-bond donors (Lipinski definition) is 0. The number of aryl methyl sites for hydroxylation is 1. The van der Waals surface area contributed by atoms with Crippen LogP contribution in [0.5, 0.6) is 0 Å². The lowest BCUT2D eigenvalue weighted by Crippen LogP contribution is -2.31. The fourth-order valence-corrected chi connectivity index (χ4v) is 5.08. The maximum absolute atomic E-state index is 13.8. The normalized spacial score (nSPS) is 12.8. The lowest BCUT2D eigenvalue weighted by Gasteiger charge is -2.24. The van der Waals surface area contributed by atoms with Crippen molar-refractivity contribution in [3.05, 3.63) is 95.1 Å². The van der Waals surface area contributed by atoms with E-state index < -0.39 is 45.9 Å². The van der Waals surface area contributed by atoms with Gasteiger partial charge in [-0.25, -0.2) is 22.1 Å². The molecule has 4 aromatic rings. The van der Waals surface area contributed by atoms with Crippen LogP contribution in [0.25, 0.3) is 5.65 Å². The molecule has 0 fully saturated rings. The summed E-state index contributed by atoms with van der Waals surface area (Å²) in [6.45, 7) is 0.631. The van der Waals surface area contributed by atoms with Crippen LogP contribution < -0.4 is 4.31 Å². The molecule has 36 heavy (non-hydrogen) atoms. The van der Waals surface area contributed by atoms with Crippen LogP contribution >= 0.6 is 0 Å². The summed E-state index contributed by atoms with van der Waals surface area (Å²) in [6, 6.07) is 10.8. The first-order valence-electron chi connectivity index (χ1n) is 10.2. The minimum atomic E-state index is -5.03. The Balaban J connectivity index is 1.90. The highest BCUT2D eigenvalue weighted by Crippen LogP contribution is 2.35. The van der Waals surface area contributed by atoms with E-state index in [-0.39, 0.29) is 27.6 Å². The maximum Gasteiger partial charge on any atom is 0.419 e. The summed E-state index contributed by atoms with van der Waals surface area (Å²) in [4.78, 5) is 3.93. The number of sulfonamides is 1. The summed E-state index contributed by atoms with van der Waals surface area (Å²) < 4.78 is 122. The van der Waals surface area contributed by atoms with Crippen molar-refractivity contribution < 1.29 is 39.2 Å². The molecule has 0 saturated carbocycles. The van der Waals surface area contributed by atoms with E-state index in [1.54, 1.807) is 6.07 Å². The highest BCUT2D eigenvalue weighted by Gasteiger charge is 2.36. The third kappa shape index (κ3) is 4.74. The second kappa shape index (κ2) is 8.80. The van der Waals surface area contributed by atoms with Crippen molar-refractivity contribution in [3.8, 4) is 0 Å². The van der Waals surface area contributed by atoms with Gasteiger partial charge in [0.1, 0.15) is 11.5 Å². The van der Waals surface area contributed by atoms with E-state index in [4.69, 9.17) is 0 Å². The number of anilines is 1. The van der Waals surface area contributed by atoms with Crippen LogP contribution in [0, 0.1) is 12.7 Å². The molecule has 0 unspecified atom stereocenters. The Hall–Kier alpha value is -3.61. The standard InChI is InChI=1S/C23H16F7N3O2S/c1-14-21(31-20-10-8-16(13-32(14)20)22(25,26)27)33(36(34,35)17-5-3-2-4-6-17)12-15-7-9-19(24)18(11-15)23(28,29)30/h2-11,13H,12H2,1H3. The smallest absolute Gasteiger partial charge is 0.301 e. The quantitative estimate of drug-likeness (QED) is 0.288. The molecule has 0 aliphatic carbocycles. The second-order valence-electron chi connectivity index (χ2n) is 7.80. The van der Waals surface area contributed by atoms with Crippen LogP contribution in [-0.4, -0.2) is 17.8 Å². The number of imidazole rings is 1. The number of halogens is 7. The van der Waals surface area contributed by atoms with Crippen molar-refractivity contribution in [1.29, 1.82) is 0 Å². The molecule has 5 nitrogen and oxygen atoms in total. The van der Waals surface area contributed by atoms with Gasteiger partial charge in [0.05, 0.1) is 28.3 Å². The second-order valence-corrected chi connectivity index (χ2v) is 9.66. The van der Waals surface area contributed by atoms with E-state index in [1.165, 1.54) is 31.2 Å². The minimum Gasteiger partial charge on any atom is -0.301 e. The summed E-state index contributed by atoms with van der Waals surface area (Å²) in [5.41, 5.74) is -2.82. The molecule has 2 aromatic carbocycles. The van der Waals surface area contributed by atoms with Gasteiger partial charge in [0.15, 0.2) is 5.82 Å². The lowest BCUT2D eigenvalue weighted by atomic mass is 10.1. The molecule has 2 aromatic heterocycles. The average molecular weight is 531 g/mol. The molecule has 0 aliphatic rings. The van der Waals surface area contributed by atoms with Gasteiger partial charge in [-0.2, -0.15) is 26.3 Å². The van der Waals surface area contributed by atoms with Gasteiger partial charge in [-0.3, -0.25) is 0 Å². The highest BCUT2D eigenvalue weighted by molar-refractivity contribution is 7.92. The third-order valence-corrected chi connectivity index (χ3v) is 7.14. The molecule has 0 bridgehead atoms. The van der Waals surface area contributed by atoms with E-state index in [0.717, 1.165) is 28.8 Å². The van der Waals surface area contributed by atoms with Gasteiger partial charge in [0, 0.05) is 6.20 Å². The van der Waals surface area contributed by atoms with Crippen molar-refractivity contribution in [2.45, 2.75) is 30.7 Å². The molecule has 190 valence electrons. The molecule has 2 heterocycles. The number of fused-ring (bicyclic) bond motifs is 1. The Labute approximate surface area is 200 Å². The van der Waals surface area contributed by atoms with Crippen molar-refractivity contribution in [2.24, 2.45) is 0 Å². The molecule has 0 aliphatic heterocycles. The van der Waals surface area contributed by atoms with Crippen LogP contribution in [-0.2, 0) is 28.9 Å². The molecule has 13 heteroatoms. The molecule has 0 N–H and O–H groups in total. The predicted molar refractivity (Wildman–Crippen MR) is 116 cm³/mol. The van der Waals surface area contributed by atoms with Gasteiger partial charge >= 0.3 is 12.4 Å². The minimum absolute atomic E-state index is 0.00578. The Morgan fingerprint density at radius 3 is 2.19 bits per heavy atom. The zero-order valence-corrected chi connectivity index (χ0v) is 19.1. The van der Waals surface area contributed by atoms with Gasteiger partial charge in [0.2, 0.25) is 0 Å². The molecule has 0 radical (unpaired) electrons. The van der Waals surface area contributed by atoms with Crippen molar-refractivity contribution in [2.75, 3.05) is 4.31 Å². The summed E-state index contributed by atoms with van der Waals surface area (Å²) in [7, 11) is -4.46. The first kappa shape index (κ1) is 25.5. The molecular weight excluding hydrogens is 515 g/mol. The SMILES string of the molecule is Cc1c(N(Cc2ccc(F)c(C(F)(F)F)c2)S(=O)(=O)c2ccccc2)nc2ccc(C(F)(F)F)cn12. The van der Waals surface area contributed by atoms with E-state index >= 15 is 0 Å². The fraction of sp³-hybridized carbons (Fsp3) is 0.174. The maximum atomic E-state index is 13.8. The molecule has 0 atom stereocenters. The third-order valence-electron chi connectivity index (χ3n) is 5.39. The number of benzene rings is 2. The number of aromatic nitrogens is 2. The average Bonchev–Trinajstić information content (AvgIpc) is 3.13. The van der Waals surface area contributed by atoms with Gasteiger partial charge < -0.3 is 4.40 Å². The molecule has 0 saturated heterocycles. The van der Waals surface area contributed by atoms with Crippen molar-refractivity contribution >= 4 is 21.5 Å². The number of rotatable bonds is 5. The van der Waals surface area contributed by atoms with E-state index in [1.807, 2.05) is 0 Å². The molecular formula is C23H16F7N3O2S. The number of alkyl halides is 6. The first-order chi connectivity index (χ1) is 16.7. The van der Waals surface area contributed by atoms with Crippen LogP contribution in [0.3, 0.4) is 0 Å². The Bertz CT molecular complexity index is 1530. The van der Waals surface area contributed by atoms with E-state index in [0.29, 0.717) is 16.4 Å². The molecule has 0 spiro atoms. The van der Waals surface area contributed by atoms with Crippen LogP contribution in [0.15, 0.2) is 71.8 Å². The predicted octanol–water partition coefficient (Wildman–Crippen LogP) is 6.21. The summed E-state index contributed by atoms with van der Waals surface area (Å²) in [5.74, 6) is -1.83. The Morgan fingerprint density at radius 2 is 1.58 bits per heavy atom. The van der Waals surface area contributed by atoms with Gasteiger partial charge in [-0.05, 0) is 48.9 Å². The highest BCUT2D eigenvalue weighted by atomic mass is 32.2. The zero-order valence-electron chi connectivity index (χ0n) is 18.3. The monoisotopic (exact) mass is 531 g/mol. The van der Waals surface area contributed by atoms with Crippen molar-refractivity contribution in [3.63, 3.8) is 0 Å². The Morgan fingerprint density at radius 1 is 0.917 bits per heavy atom. The fourth-order valence-electron chi connectivity index (χ4n) is 3.60. The lowest BCUT2D eigenvalue weighted by molar-refractivity contribution is -0.140. The summed E-state index contributed by atoms with van der Waals surface area (Å²) >= 11 is 0. The molecule has 4 rings (SSSR count). The largest absolute Gasteiger partial charge is 0.419 e. The summed E-state index contributed by atoms with van der Waals surface area (Å²) in [5, 5.41) is 0. The number of pyridine rings is 1. The summed E-state index contributed by atoms with van der Waals surface area (Å²) in [6.07, 6.45) is -8.96. The number of nitrogens with zero attached hydrogens (tertiary/aromatic N) is 3. The van der Waals surface area contributed by atoms with Gasteiger partial charge in [-0.15, -0.1) is 0 Å². The van der Waals surface area contributed by atoms with Crippen LogP contribution in [0.1, 0.15) is 22.4 Å². The molecule has 0 amide bonds. The van der Waals surface area contributed by atoms with E-state index in [9.17, 15) is 39.2 Å². The first-order valence-corrected chi connectivity index (χ1v) is 11.6. The van der Waals surface area contributed by atoms with Crippen LogP contribution in [0.4, 0.5) is 36.6 Å². The number of hydrogen-bond acceptors (Lipinski definition) is 3.